The first kappa shape index (κ1) is 14.0. The maximum absolute atomic E-state index is 11.6. The number of rotatable bonds is 5. The largest absolute Gasteiger partial charge is 0.273 e. The van der Waals surface area contributed by atoms with Crippen LogP contribution in [0.25, 0.3) is 0 Å². The lowest BCUT2D eigenvalue weighted by molar-refractivity contribution is -0.117. The van der Waals surface area contributed by atoms with Gasteiger partial charge in [-0.15, -0.1) is 0 Å². The first-order valence-electron chi connectivity index (χ1n) is 5.86. The van der Waals surface area contributed by atoms with Crippen molar-refractivity contribution < 1.29 is 4.79 Å². The average molecular weight is 255 g/mol. The van der Waals surface area contributed by atoms with Gasteiger partial charge in [-0.05, 0) is 37.1 Å². The van der Waals surface area contributed by atoms with Crippen LogP contribution in [0.5, 0.6) is 0 Å². The van der Waals surface area contributed by atoms with Crippen molar-refractivity contribution in [1.29, 1.82) is 0 Å². The Morgan fingerprint density at radius 3 is 2.71 bits per heavy atom. The van der Waals surface area contributed by atoms with Crippen LogP contribution >= 0.6 is 11.6 Å². The Labute approximate surface area is 108 Å². The summed E-state index contributed by atoms with van der Waals surface area (Å²) in [5.41, 5.74) is 4.92. The molecule has 0 aliphatic rings. The number of carbonyl (C=O) groups is 1. The molecule has 1 aromatic carbocycles. The van der Waals surface area contributed by atoms with Crippen molar-refractivity contribution in [3.8, 4) is 0 Å². The van der Waals surface area contributed by atoms with Crippen molar-refractivity contribution in [1.82, 2.24) is 5.43 Å². The average Bonchev–Trinajstić information content (AvgIpc) is 2.28. The van der Waals surface area contributed by atoms with E-state index in [2.05, 4.69) is 12.3 Å². The Hall–Kier alpha value is -1.06. The zero-order chi connectivity index (χ0) is 12.8. The van der Waals surface area contributed by atoms with E-state index in [-0.39, 0.29) is 5.91 Å². The minimum atomic E-state index is -0.0252. The van der Waals surface area contributed by atoms with Crippen LogP contribution in [0.15, 0.2) is 18.2 Å². The maximum Gasteiger partial charge on any atom is 0.238 e. The predicted octanol–water partition coefficient (Wildman–Crippen LogP) is 3.31. The van der Waals surface area contributed by atoms with E-state index < -0.39 is 0 Å². The van der Waals surface area contributed by atoms with Crippen molar-refractivity contribution in [3.63, 3.8) is 0 Å². The van der Waals surface area contributed by atoms with Crippen molar-refractivity contribution in [2.45, 2.75) is 33.6 Å². The first-order valence-corrected chi connectivity index (χ1v) is 6.24. The molecule has 0 aliphatic carbocycles. The second-order valence-electron chi connectivity index (χ2n) is 4.05. The Morgan fingerprint density at radius 1 is 1.47 bits per heavy atom. The van der Waals surface area contributed by atoms with E-state index in [0.717, 1.165) is 30.6 Å². The van der Waals surface area contributed by atoms with Gasteiger partial charge >= 0.3 is 0 Å². The number of nitrogens with one attached hydrogen (secondary N) is 1. The number of nitrogens with zero attached hydrogens (tertiary/aromatic N) is 1. The highest BCUT2D eigenvalue weighted by molar-refractivity contribution is 6.31. The molecule has 0 unspecified atom stereocenters. The van der Waals surface area contributed by atoms with E-state index in [1.54, 1.807) is 11.9 Å². The van der Waals surface area contributed by atoms with Crippen LogP contribution in [0.1, 0.15) is 32.3 Å². The normalized spacial score (nSPS) is 10.4. The molecule has 0 saturated heterocycles. The van der Waals surface area contributed by atoms with Crippen LogP contribution in [-0.4, -0.2) is 12.5 Å². The number of unbranched alkanes of at least 4 members (excludes halogenated alkanes) is 1. The van der Waals surface area contributed by atoms with Crippen LogP contribution in [0.2, 0.25) is 5.02 Å². The minimum Gasteiger partial charge on any atom is -0.273 e. The Morgan fingerprint density at radius 2 is 2.18 bits per heavy atom. The third kappa shape index (κ3) is 4.02. The van der Waals surface area contributed by atoms with E-state index >= 15 is 0 Å². The topological polar surface area (TPSA) is 32.3 Å². The third-order valence-electron chi connectivity index (χ3n) is 2.51. The summed E-state index contributed by atoms with van der Waals surface area (Å²) in [6.45, 7) is 6.38. The fourth-order valence-electron chi connectivity index (χ4n) is 1.52. The standard InChI is InChI=1S/C13H19ClN2O/c1-4-5-8-15-16(11(3)17)12-6-7-13(14)10(2)9-12/h6-7,9,15H,4-5,8H2,1-3H3. The molecule has 0 atom stereocenters. The SMILES string of the molecule is CCCCNN(C(C)=O)c1ccc(Cl)c(C)c1. The van der Waals surface area contributed by atoms with Crippen molar-refractivity contribution in [2.75, 3.05) is 11.6 Å². The van der Waals surface area contributed by atoms with Crippen LogP contribution in [0.4, 0.5) is 5.69 Å². The number of hydrogen-bond acceptors (Lipinski definition) is 2. The number of carbonyl (C=O) groups excluding carboxylic acids is 1. The number of benzene rings is 1. The van der Waals surface area contributed by atoms with Crippen LogP contribution in [0.3, 0.4) is 0 Å². The molecule has 0 spiro atoms. The van der Waals surface area contributed by atoms with Gasteiger partial charge in [-0.2, -0.15) is 0 Å². The Bertz CT molecular complexity index is 393. The van der Waals surface area contributed by atoms with Crippen molar-refractivity contribution in [3.05, 3.63) is 28.8 Å². The summed E-state index contributed by atoms with van der Waals surface area (Å²) in [4.78, 5) is 11.6. The zero-order valence-corrected chi connectivity index (χ0v) is 11.3. The maximum atomic E-state index is 11.6. The van der Waals surface area contributed by atoms with Gasteiger partial charge in [-0.25, -0.2) is 10.4 Å². The first-order chi connectivity index (χ1) is 8.06. The Balaban J connectivity index is 2.82. The Kier molecular flexibility index (Phi) is 5.45. The molecule has 0 radical (unpaired) electrons. The van der Waals surface area contributed by atoms with Gasteiger partial charge in [0.25, 0.3) is 0 Å². The highest BCUT2D eigenvalue weighted by atomic mass is 35.5. The van der Waals surface area contributed by atoms with Gasteiger partial charge in [-0.3, -0.25) is 4.79 Å². The second-order valence-corrected chi connectivity index (χ2v) is 4.46. The number of anilines is 1. The molecule has 0 aromatic heterocycles. The summed E-state index contributed by atoms with van der Waals surface area (Å²) in [5.74, 6) is -0.0252. The lowest BCUT2D eigenvalue weighted by Gasteiger charge is -2.22. The molecule has 0 heterocycles. The zero-order valence-electron chi connectivity index (χ0n) is 10.6. The van der Waals surface area contributed by atoms with E-state index in [4.69, 9.17) is 11.6 Å². The van der Waals surface area contributed by atoms with E-state index in [1.165, 1.54) is 0 Å². The van der Waals surface area contributed by atoms with Gasteiger partial charge in [0.1, 0.15) is 0 Å². The van der Waals surface area contributed by atoms with E-state index in [9.17, 15) is 4.79 Å². The summed E-state index contributed by atoms with van der Waals surface area (Å²) in [6, 6.07) is 5.56. The summed E-state index contributed by atoms with van der Waals surface area (Å²) < 4.78 is 0. The van der Waals surface area contributed by atoms with Gasteiger partial charge in [0, 0.05) is 18.5 Å². The lowest BCUT2D eigenvalue weighted by Crippen LogP contribution is -2.42. The monoisotopic (exact) mass is 254 g/mol. The quantitative estimate of drug-likeness (QED) is 0.646. The second kappa shape index (κ2) is 6.62. The van der Waals surface area contributed by atoms with Crippen molar-refractivity contribution in [2.24, 2.45) is 0 Å². The van der Waals surface area contributed by atoms with Crippen LogP contribution in [-0.2, 0) is 4.79 Å². The number of halogens is 1. The van der Waals surface area contributed by atoms with Crippen LogP contribution < -0.4 is 10.4 Å². The predicted molar refractivity (Wildman–Crippen MR) is 72.3 cm³/mol. The molecule has 1 rings (SSSR count). The molecule has 3 nitrogen and oxygen atoms in total. The fraction of sp³-hybridized carbons (Fsp3) is 0.462. The number of hydrogen-bond donors (Lipinski definition) is 1. The molecule has 1 amide bonds. The third-order valence-corrected chi connectivity index (χ3v) is 2.94. The summed E-state index contributed by atoms with van der Waals surface area (Å²) in [6.07, 6.45) is 2.13. The molecule has 17 heavy (non-hydrogen) atoms. The van der Waals surface area contributed by atoms with Crippen LogP contribution in [0, 0.1) is 6.92 Å². The molecular formula is C13H19ClN2O. The smallest absolute Gasteiger partial charge is 0.238 e. The lowest BCUT2D eigenvalue weighted by atomic mass is 10.2. The molecule has 4 heteroatoms. The molecule has 0 bridgehead atoms. The minimum absolute atomic E-state index is 0.0252. The molecule has 1 N–H and O–H groups in total. The fourth-order valence-corrected chi connectivity index (χ4v) is 1.64. The van der Waals surface area contributed by atoms with Gasteiger partial charge in [0.05, 0.1) is 5.69 Å². The van der Waals surface area contributed by atoms with Gasteiger partial charge in [-0.1, -0.05) is 24.9 Å². The molecule has 0 fully saturated rings. The molecule has 0 aliphatic heterocycles. The van der Waals surface area contributed by atoms with Gasteiger partial charge < -0.3 is 0 Å². The van der Waals surface area contributed by atoms with Crippen molar-refractivity contribution >= 4 is 23.2 Å². The molecular weight excluding hydrogens is 236 g/mol. The summed E-state index contributed by atoms with van der Waals surface area (Å²) >= 11 is 5.97. The van der Waals surface area contributed by atoms with Gasteiger partial charge in [0.15, 0.2) is 0 Å². The van der Waals surface area contributed by atoms with E-state index in [0.29, 0.717) is 5.02 Å². The molecule has 1 aromatic rings. The highest BCUT2D eigenvalue weighted by Crippen LogP contribution is 2.21. The number of aryl methyl sites for hydroxylation is 1. The number of hydrazine groups is 1. The molecule has 0 saturated carbocycles. The van der Waals surface area contributed by atoms with E-state index in [1.807, 2.05) is 25.1 Å². The van der Waals surface area contributed by atoms with Gasteiger partial charge in [0.2, 0.25) is 5.91 Å². The summed E-state index contributed by atoms with van der Waals surface area (Å²) in [5, 5.41) is 2.28. The summed E-state index contributed by atoms with van der Waals surface area (Å²) in [7, 11) is 0. The highest BCUT2D eigenvalue weighted by Gasteiger charge is 2.11. The number of amides is 1. The molecule has 94 valence electrons.